The van der Waals surface area contributed by atoms with Gasteiger partial charge >= 0.3 is 6.18 Å². The number of fused-ring (bicyclic) bond motifs is 1. The van der Waals surface area contributed by atoms with Crippen LogP contribution in [0.25, 0.3) is 5.65 Å². The van der Waals surface area contributed by atoms with Gasteiger partial charge in [-0.15, -0.1) is 10.2 Å². The molecule has 0 bridgehead atoms. The van der Waals surface area contributed by atoms with E-state index in [1.165, 1.54) is 0 Å². The van der Waals surface area contributed by atoms with Crippen LogP contribution in [0.4, 0.5) is 13.2 Å². The number of carbonyl (C=O) groups is 1. The molecule has 1 aliphatic heterocycles. The highest BCUT2D eigenvalue weighted by atomic mass is 35.5. The van der Waals surface area contributed by atoms with Crippen molar-refractivity contribution in [3.63, 3.8) is 0 Å². The molecule has 1 atom stereocenters. The highest BCUT2D eigenvalue weighted by molar-refractivity contribution is 6.33. The molecule has 2 aromatic heterocycles. The van der Waals surface area contributed by atoms with Gasteiger partial charge in [0.05, 0.1) is 23.2 Å². The second-order valence-corrected chi connectivity index (χ2v) is 6.48. The van der Waals surface area contributed by atoms with E-state index in [2.05, 4.69) is 15.5 Å². The number of nitrogens with zero attached hydrogens (tertiary/aromatic N) is 3. The molecule has 1 unspecified atom stereocenters. The van der Waals surface area contributed by atoms with Gasteiger partial charge in [-0.3, -0.25) is 9.20 Å². The Kier molecular flexibility index (Phi) is 5.35. The Morgan fingerprint density at radius 1 is 1.42 bits per heavy atom. The standard InChI is InChI=1S/C15H17ClF3N5O2/c16-10-5-9(15(17,18)19)7-24-11(22-23-13(10)24)6-21-14(25)12(20)8-1-3-26-4-2-8/h5,7-8,12H,1-4,6,20H2,(H,21,25). The zero-order chi connectivity index (χ0) is 18.9. The maximum absolute atomic E-state index is 13.0. The van der Waals surface area contributed by atoms with Crippen molar-refractivity contribution in [3.8, 4) is 0 Å². The van der Waals surface area contributed by atoms with Gasteiger partial charge in [-0.2, -0.15) is 13.2 Å². The molecule has 3 N–H and O–H groups in total. The summed E-state index contributed by atoms with van der Waals surface area (Å²) in [6, 6.07) is 0.0713. The molecule has 1 amide bonds. The monoisotopic (exact) mass is 391 g/mol. The van der Waals surface area contributed by atoms with Gasteiger partial charge in [0.1, 0.15) is 0 Å². The van der Waals surface area contributed by atoms with Gasteiger partial charge in [0, 0.05) is 19.4 Å². The van der Waals surface area contributed by atoms with Crippen LogP contribution in [0.15, 0.2) is 12.3 Å². The number of nitrogens with two attached hydrogens (primary N) is 1. The molecule has 0 spiro atoms. The van der Waals surface area contributed by atoms with Crippen molar-refractivity contribution in [2.45, 2.75) is 31.6 Å². The summed E-state index contributed by atoms with van der Waals surface area (Å²) in [4.78, 5) is 12.2. The van der Waals surface area contributed by atoms with Gasteiger partial charge in [-0.25, -0.2) is 0 Å². The number of amides is 1. The first kappa shape index (κ1) is 18.9. The first-order valence-electron chi connectivity index (χ1n) is 7.99. The van der Waals surface area contributed by atoms with E-state index in [0.29, 0.717) is 26.1 Å². The van der Waals surface area contributed by atoms with E-state index in [9.17, 15) is 18.0 Å². The van der Waals surface area contributed by atoms with Crippen LogP contribution in [0.1, 0.15) is 24.2 Å². The number of nitrogens with one attached hydrogen (secondary N) is 1. The molecule has 0 saturated carbocycles. The van der Waals surface area contributed by atoms with E-state index in [4.69, 9.17) is 22.1 Å². The molecule has 0 aromatic carbocycles. The largest absolute Gasteiger partial charge is 0.417 e. The van der Waals surface area contributed by atoms with Crippen LogP contribution in [-0.4, -0.2) is 39.8 Å². The summed E-state index contributed by atoms with van der Waals surface area (Å²) in [6.45, 7) is 0.993. The number of hydrogen-bond acceptors (Lipinski definition) is 5. The Bertz CT molecular complexity index is 804. The van der Waals surface area contributed by atoms with Crippen molar-refractivity contribution in [3.05, 3.63) is 28.7 Å². The van der Waals surface area contributed by atoms with Gasteiger partial charge in [0.2, 0.25) is 5.91 Å². The quantitative estimate of drug-likeness (QED) is 0.828. The van der Waals surface area contributed by atoms with Crippen molar-refractivity contribution >= 4 is 23.2 Å². The number of aromatic nitrogens is 3. The van der Waals surface area contributed by atoms with Gasteiger partial charge in [0.25, 0.3) is 0 Å². The average molecular weight is 392 g/mol. The molecule has 1 fully saturated rings. The van der Waals surface area contributed by atoms with Crippen molar-refractivity contribution in [2.75, 3.05) is 13.2 Å². The Morgan fingerprint density at radius 3 is 2.77 bits per heavy atom. The van der Waals surface area contributed by atoms with E-state index in [1.807, 2.05) is 0 Å². The molecule has 0 radical (unpaired) electrons. The van der Waals surface area contributed by atoms with E-state index in [1.54, 1.807) is 0 Å². The van der Waals surface area contributed by atoms with Gasteiger partial charge < -0.3 is 15.8 Å². The molecule has 2 aromatic rings. The third-order valence-electron chi connectivity index (χ3n) is 4.36. The average Bonchev–Trinajstić information content (AvgIpc) is 3.02. The molecule has 0 aliphatic carbocycles. The molecule has 1 aliphatic rings. The Hall–Kier alpha value is -1.91. The van der Waals surface area contributed by atoms with Crippen LogP contribution in [0.3, 0.4) is 0 Å². The molecular formula is C15H17ClF3N5O2. The summed E-state index contributed by atoms with van der Waals surface area (Å²) >= 11 is 5.85. The zero-order valence-corrected chi connectivity index (χ0v) is 14.3. The van der Waals surface area contributed by atoms with Crippen LogP contribution in [0, 0.1) is 5.92 Å². The third-order valence-corrected chi connectivity index (χ3v) is 4.63. The number of rotatable bonds is 4. The first-order chi connectivity index (χ1) is 12.3. The second kappa shape index (κ2) is 7.37. The number of halogens is 4. The molecule has 26 heavy (non-hydrogen) atoms. The highest BCUT2D eigenvalue weighted by Gasteiger charge is 2.32. The van der Waals surface area contributed by atoms with Crippen molar-refractivity contribution < 1.29 is 22.7 Å². The lowest BCUT2D eigenvalue weighted by Gasteiger charge is -2.26. The normalized spacial score (nSPS) is 17.4. The lowest BCUT2D eigenvalue weighted by molar-refractivity contribution is -0.137. The summed E-state index contributed by atoms with van der Waals surface area (Å²) in [5.41, 5.74) is 5.12. The molecule has 3 heterocycles. The van der Waals surface area contributed by atoms with E-state index in [-0.39, 0.29) is 29.0 Å². The number of alkyl halides is 3. The Labute approximate surface area is 151 Å². The SMILES string of the molecule is NC(C(=O)NCc1nnc2c(Cl)cc(C(F)(F)F)cn12)C1CCOCC1. The van der Waals surface area contributed by atoms with E-state index < -0.39 is 23.7 Å². The molecule has 1 saturated heterocycles. The molecule has 11 heteroatoms. The van der Waals surface area contributed by atoms with Crippen LogP contribution in [-0.2, 0) is 22.3 Å². The molecular weight excluding hydrogens is 375 g/mol. The van der Waals surface area contributed by atoms with Crippen molar-refractivity contribution in [1.29, 1.82) is 0 Å². The van der Waals surface area contributed by atoms with Gasteiger partial charge in [0.15, 0.2) is 11.5 Å². The minimum Gasteiger partial charge on any atom is -0.381 e. The predicted octanol–water partition coefficient (Wildman–Crippen LogP) is 1.77. The Morgan fingerprint density at radius 2 is 2.12 bits per heavy atom. The van der Waals surface area contributed by atoms with Crippen LogP contribution >= 0.6 is 11.6 Å². The van der Waals surface area contributed by atoms with Crippen molar-refractivity contribution in [2.24, 2.45) is 11.7 Å². The molecule has 3 rings (SSSR count). The maximum atomic E-state index is 13.0. The molecule has 7 nitrogen and oxygen atoms in total. The summed E-state index contributed by atoms with van der Waals surface area (Å²) in [6.07, 6.45) is -2.34. The van der Waals surface area contributed by atoms with E-state index in [0.717, 1.165) is 16.7 Å². The topological polar surface area (TPSA) is 94.5 Å². The fraction of sp³-hybridized carbons (Fsp3) is 0.533. The third kappa shape index (κ3) is 3.92. The maximum Gasteiger partial charge on any atom is 0.417 e. The number of hydrogen-bond donors (Lipinski definition) is 2. The Balaban J connectivity index is 1.74. The minimum atomic E-state index is -4.56. The summed E-state index contributed by atoms with van der Waals surface area (Å²) in [7, 11) is 0. The fourth-order valence-electron chi connectivity index (χ4n) is 2.85. The lowest BCUT2D eigenvalue weighted by Crippen LogP contribution is -2.47. The lowest BCUT2D eigenvalue weighted by atomic mass is 9.92. The van der Waals surface area contributed by atoms with Crippen LogP contribution in [0.2, 0.25) is 5.02 Å². The first-order valence-corrected chi connectivity index (χ1v) is 8.36. The second-order valence-electron chi connectivity index (χ2n) is 6.08. The van der Waals surface area contributed by atoms with Gasteiger partial charge in [-0.05, 0) is 24.8 Å². The van der Waals surface area contributed by atoms with E-state index >= 15 is 0 Å². The highest BCUT2D eigenvalue weighted by Crippen LogP contribution is 2.32. The van der Waals surface area contributed by atoms with Crippen LogP contribution in [0.5, 0.6) is 0 Å². The number of ether oxygens (including phenoxy) is 1. The molecule has 142 valence electrons. The number of pyridine rings is 1. The van der Waals surface area contributed by atoms with Crippen molar-refractivity contribution in [1.82, 2.24) is 19.9 Å². The smallest absolute Gasteiger partial charge is 0.381 e. The van der Waals surface area contributed by atoms with Crippen LogP contribution < -0.4 is 11.1 Å². The predicted molar refractivity (Wildman–Crippen MR) is 86.4 cm³/mol. The summed E-state index contributed by atoms with van der Waals surface area (Å²) in [5, 5.41) is 10.00. The zero-order valence-electron chi connectivity index (χ0n) is 13.6. The fourth-order valence-corrected chi connectivity index (χ4v) is 3.09. The summed E-state index contributed by atoms with van der Waals surface area (Å²) in [5.74, 6) is -0.266. The minimum absolute atomic E-state index is 0.00479. The van der Waals surface area contributed by atoms with Gasteiger partial charge in [-0.1, -0.05) is 11.6 Å². The summed E-state index contributed by atoms with van der Waals surface area (Å²) < 4.78 is 45.2. The number of carbonyl (C=O) groups excluding carboxylic acids is 1.